The highest BCUT2D eigenvalue weighted by Crippen LogP contribution is 2.29. The normalized spacial score (nSPS) is 17.3. The van der Waals surface area contributed by atoms with Crippen molar-refractivity contribution in [3.8, 4) is 0 Å². The first-order valence-corrected chi connectivity index (χ1v) is 19.2. The predicted molar refractivity (Wildman–Crippen MR) is 186 cm³/mol. The molecule has 16 nitrogen and oxygen atoms in total. The number of rotatable bonds is 16. The Labute approximate surface area is 300 Å². The van der Waals surface area contributed by atoms with E-state index in [0.717, 1.165) is 44.7 Å². The number of aromatic nitrogens is 1. The van der Waals surface area contributed by atoms with Crippen molar-refractivity contribution >= 4 is 40.0 Å². The van der Waals surface area contributed by atoms with Gasteiger partial charge in [-0.2, -0.15) is 4.72 Å². The van der Waals surface area contributed by atoms with Crippen LogP contribution in [0.5, 0.6) is 0 Å². The first-order chi connectivity index (χ1) is 24.1. The lowest BCUT2D eigenvalue weighted by atomic mass is 9.84. The van der Waals surface area contributed by atoms with Gasteiger partial charge < -0.3 is 35.0 Å². The minimum absolute atomic E-state index is 0.00310. The molecule has 1 aromatic rings. The van der Waals surface area contributed by atoms with Gasteiger partial charge >= 0.3 is 18.2 Å². The SMILES string of the molecule is CCOC(=O)[C@H](CNC(=O)CNC(=O)C(CCC1CCN(C(=O)O)CC1)CCC1CCN(C(=O)OC(C)(C)C)CC1)NS(=O)(=O)c1cccnc1. The van der Waals surface area contributed by atoms with Gasteiger partial charge in [-0.3, -0.25) is 19.4 Å². The molecule has 1 aromatic heterocycles. The highest BCUT2D eigenvalue weighted by atomic mass is 32.2. The van der Waals surface area contributed by atoms with Gasteiger partial charge in [0.25, 0.3) is 0 Å². The number of esters is 1. The van der Waals surface area contributed by atoms with Gasteiger partial charge in [-0.1, -0.05) is 0 Å². The Hall–Kier alpha value is -3.99. The molecule has 0 spiro atoms. The predicted octanol–water partition coefficient (Wildman–Crippen LogP) is 2.74. The third-order valence-electron chi connectivity index (χ3n) is 9.11. The summed E-state index contributed by atoms with van der Waals surface area (Å²) in [4.78, 5) is 69.4. The van der Waals surface area contributed by atoms with Gasteiger partial charge in [0.1, 0.15) is 16.5 Å². The van der Waals surface area contributed by atoms with Crippen molar-refractivity contribution in [2.24, 2.45) is 17.8 Å². The van der Waals surface area contributed by atoms with E-state index in [2.05, 4.69) is 20.3 Å². The molecule has 286 valence electrons. The van der Waals surface area contributed by atoms with Gasteiger partial charge in [-0.15, -0.1) is 0 Å². The third-order valence-corrected chi connectivity index (χ3v) is 10.6. The van der Waals surface area contributed by atoms with Crippen LogP contribution in [0.3, 0.4) is 0 Å². The van der Waals surface area contributed by atoms with Crippen LogP contribution in [0.1, 0.15) is 79.1 Å². The molecule has 3 heterocycles. The highest BCUT2D eigenvalue weighted by Gasteiger charge is 2.31. The number of ether oxygens (including phenoxy) is 2. The zero-order chi connectivity index (χ0) is 37.6. The summed E-state index contributed by atoms with van der Waals surface area (Å²) in [5.41, 5.74) is -0.573. The second kappa shape index (κ2) is 19.6. The number of hydrogen-bond donors (Lipinski definition) is 4. The summed E-state index contributed by atoms with van der Waals surface area (Å²) in [6, 6.07) is 1.33. The molecule has 2 aliphatic heterocycles. The number of hydrogen-bond acceptors (Lipinski definition) is 10. The fourth-order valence-corrected chi connectivity index (χ4v) is 7.34. The Morgan fingerprint density at radius 1 is 0.961 bits per heavy atom. The molecule has 2 saturated heterocycles. The molecular formula is C34H54N6O10S. The van der Waals surface area contributed by atoms with E-state index in [-0.39, 0.29) is 36.0 Å². The van der Waals surface area contributed by atoms with Crippen LogP contribution in [0.15, 0.2) is 29.4 Å². The summed E-state index contributed by atoms with van der Waals surface area (Å²) in [5, 5.41) is 14.5. The molecule has 0 radical (unpaired) electrons. The first kappa shape index (κ1) is 41.4. The van der Waals surface area contributed by atoms with Gasteiger partial charge in [-0.25, -0.2) is 18.0 Å². The minimum Gasteiger partial charge on any atom is -0.465 e. The minimum atomic E-state index is -4.15. The quantitative estimate of drug-likeness (QED) is 0.181. The third kappa shape index (κ3) is 14.3. The summed E-state index contributed by atoms with van der Waals surface area (Å²) in [6.07, 6.45) is 6.95. The molecular weight excluding hydrogens is 684 g/mol. The number of pyridine rings is 1. The number of likely N-dealkylation sites (tertiary alicyclic amines) is 2. The lowest BCUT2D eigenvalue weighted by Crippen LogP contribution is -2.50. The molecule has 3 rings (SSSR count). The van der Waals surface area contributed by atoms with Crippen molar-refractivity contribution in [1.29, 1.82) is 0 Å². The second-order valence-electron chi connectivity index (χ2n) is 14.1. The Morgan fingerprint density at radius 2 is 1.55 bits per heavy atom. The summed E-state index contributed by atoms with van der Waals surface area (Å²) in [6.45, 7) is 8.33. The van der Waals surface area contributed by atoms with Crippen molar-refractivity contribution in [2.45, 2.75) is 95.6 Å². The van der Waals surface area contributed by atoms with Gasteiger partial charge in [-0.05, 0) is 103 Å². The van der Waals surface area contributed by atoms with E-state index in [1.54, 1.807) is 11.8 Å². The van der Waals surface area contributed by atoms with E-state index < -0.39 is 52.1 Å². The fraction of sp³-hybridized carbons (Fsp3) is 0.706. The molecule has 51 heavy (non-hydrogen) atoms. The second-order valence-corrected chi connectivity index (χ2v) is 15.8. The van der Waals surface area contributed by atoms with Crippen LogP contribution in [0.2, 0.25) is 0 Å². The Balaban J connectivity index is 1.55. The standard InChI is InChI=1S/C34H54N6O10S/c1-5-49-31(43)28(38-51(47,48)27-7-6-16-35-21-27)22-36-29(41)23-37-30(42)26(10-8-24-12-17-39(18-13-24)32(44)45)11-9-25-14-19-40(20-15-25)33(46)50-34(2,3)4/h6-7,16,21,24-26,28,38H,5,8-15,17-20,22-23H2,1-4H3,(H,36,41)(H,37,42)(H,44,45)/t26?,28-/m0/s1. The van der Waals surface area contributed by atoms with Crippen LogP contribution < -0.4 is 15.4 Å². The average Bonchev–Trinajstić information content (AvgIpc) is 3.09. The van der Waals surface area contributed by atoms with Gasteiger partial charge in [0, 0.05) is 51.0 Å². The summed E-state index contributed by atoms with van der Waals surface area (Å²) in [7, 11) is -4.15. The van der Waals surface area contributed by atoms with Crippen LogP contribution in [-0.2, 0) is 33.9 Å². The zero-order valence-corrected chi connectivity index (χ0v) is 30.9. The first-order valence-electron chi connectivity index (χ1n) is 17.7. The lowest BCUT2D eigenvalue weighted by Gasteiger charge is -2.34. The van der Waals surface area contributed by atoms with Crippen LogP contribution in [0.25, 0.3) is 0 Å². The fourth-order valence-electron chi connectivity index (χ4n) is 6.19. The molecule has 1 unspecified atom stereocenters. The number of piperidine rings is 2. The summed E-state index contributed by atoms with van der Waals surface area (Å²) in [5.74, 6) is -1.58. The number of nitrogens with zero attached hydrogens (tertiary/aromatic N) is 3. The van der Waals surface area contributed by atoms with Gasteiger partial charge in [0.05, 0.1) is 13.2 Å². The Kier molecular flexibility index (Phi) is 15.9. The highest BCUT2D eigenvalue weighted by molar-refractivity contribution is 7.89. The van der Waals surface area contributed by atoms with Crippen LogP contribution in [0, 0.1) is 17.8 Å². The number of sulfonamides is 1. The lowest BCUT2D eigenvalue weighted by molar-refractivity contribution is -0.145. The van der Waals surface area contributed by atoms with Crippen molar-refractivity contribution in [3.63, 3.8) is 0 Å². The summed E-state index contributed by atoms with van der Waals surface area (Å²) >= 11 is 0. The van der Waals surface area contributed by atoms with Crippen LogP contribution in [0.4, 0.5) is 9.59 Å². The molecule has 0 aliphatic carbocycles. The van der Waals surface area contributed by atoms with E-state index in [1.165, 1.54) is 23.2 Å². The number of nitrogens with one attached hydrogen (secondary N) is 3. The maximum Gasteiger partial charge on any atom is 0.410 e. The molecule has 0 aromatic carbocycles. The van der Waals surface area contributed by atoms with E-state index in [4.69, 9.17) is 9.47 Å². The molecule has 0 bridgehead atoms. The number of carbonyl (C=O) groups excluding carboxylic acids is 4. The number of amides is 4. The number of carboxylic acid groups (broad SMARTS) is 1. The molecule has 2 atom stereocenters. The van der Waals surface area contributed by atoms with E-state index in [1.807, 2.05) is 20.8 Å². The Morgan fingerprint density at radius 3 is 2.06 bits per heavy atom. The molecule has 2 fully saturated rings. The Bertz CT molecular complexity index is 1420. The smallest absolute Gasteiger partial charge is 0.410 e. The average molecular weight is 739 g/mol. The maximum absolute atomic E-state index is 13.5. The zero-order valence-electron chi connectivity index (χ0n) is 30.1. The van der Waals surface area contributed by atoms with Crippen LogP contribution >= 0.6 is 0 Å². The van der Waals surface area contributed by atoms with E-state index >= 15 is 0 Å². The molecule has 2 aliphatic rings. The molecule has 17 heteroatoms. The van der Waals surface area contributed by atoms with Crippen molar-refractivity contribution < 1.29 is 47.0 Å². The van der Waals surface area contributed by atoms with E-state index in [9.17, 15) is 37.5 Å². The van der Waals surface area contributed by atoms with Crippen molar-refractivity contribution in [1.82, 2.24) is 30.1 Å². The topological polar surface area (TPSA) is 214 Å². The van der Waals surface area contributed by atoms with Gasteiger partial charge in [0.2, 0.25) is 21.8 Å². The molecule has 4 amide bonds. The maximum atomic E-state index is 13.5. The monoisotopic (exact) mass is 738 g/mol. The number of carbonyl (C=O) groups is 5. The van der Waals surface area contributed by atoms with Gasteiger partial charge in [0.15, 0.2) is 0 Å². The van der Waals surface area contributed by atoms with Crippen molar-refractivity contribution in [3.05, 3.63) is 24.5 Å². The van der Waals surface area contributed by atoms with Crippen molar-refractivity contribution in [2.75, 3.05) is 45.9 Å². The summed E-state index contributed by atoms with van der Waals surface area (Å²) < 4.78 is 38.3. The van der Waals surface area contributed by atoms with Crippen LogP contribution in [-0.4, -0.2) is 116 Å². The largest absolute Gasteiger partial charge is 0.465 e. The molecule has 0 saturated carbocycles. The van der Waals surface area contributed by atoms with E-state index in [0.29, 0.717) is 44.9 Å². The molecule has 4 N–H and O–H groups in total.